The first kappa shape index (κ1) is 16.9. The normalized spacial score (nSPS) is 20.5. The molecule has 1 amide bonds. The molecule has 0 spiro atoms. The first-order chi connectivity index (χ1) is 13.7. The minimum Gasteiger partial charge on any atom is -0.485 e. The molecule has 28 heavy (non-hydrogen) atoms. The van der Waals surface area contributed by atoms with Crippen molar-refractivity contribution in [3.8, 4) is 11.5 Å². The van der Waals surface area contributed by atoms with Crippen LogP contribution in [0.25, 0.3) is 0 Å². The summed E-state index contributed by atoms with van der Waals surface area (Å²) < 4.78 is 13.5. The Balaban J connectivity index is 1.42. The van der Waals surface area contributed by atoms with E-state index >= 15 is 0 Å². The Hall–Kier alpha value is -3.28. The van der Waals surface area contributed by atoms with Crippen molar-refractivity contribution in [2.45, 2.75) is 18.6 Å². The number of fused-ring (bicyclic) bond motifs is 2. The number of carbonyl (C=O) groups excluding carboxylic acids is 1. The van der Waals surface area contributed by atoms with E-state index in [0.29, 0.717) is 24.6 Å². The Morgan fingerprint density at radius 2 is 1.89 bits per heavy atom. The van der Waals surface area contributed by atoms with Gasteiger partial charge >= 0.3 is 0 Å². The topological polar surface area (TPSA) is 56.6 Å². The third kappa shape index (κ3) is 2.91. The second-order valence-corrected chi connectivity index (χ2v) is 7.28. The number of nitrogens with zero attached hydrogens (tertiary/aromatic N) is 3. The van der Waals surface area contributed by atoms with Crippen LogP contribution >= 0.6 is 0 Å². The molecule has 0 saturated heterocycles. The molecule has 0 aliphatic carbocycles. The van der Waals surface area contributed by atoms with Gasteiger partial charge in [-0.3, -0.25) is 9.48 Å². The lowest BCUT2D eigenvalue weighted by Gasteiger charge is -2.37. The fourth-order valence-corrected chi connectivity index (χ4v) is 4.02. The summed E-state index contributed by atoms with van der Waals surface area (Å²) >= 11 is 0. The Morgan fingerprint density at radius 1 is 1.11 bits per heavy atom. The molecule has 6 nitrogen and oxygen atoms in total. The van der Waals surface area contributed by atoms with E-state index in [9.17, 15) is 4.79 Å². The average molecular weight is 375 g/mol. The van der Waals surface area contributed by atoms with E-state index in [1.165, 1.54) is 5.56 Å². The Morgan fingerprint density at radius 3 is 2.71 bits per heavy atom. The molecule has 2 aliphatic heterocycles. The van der Waals surface area contributed by atoms with E-state index in [-0.39, 0.29) is 18.4 Å². The van der Waals surface area contributed by atoms with Crippen LogP contribution in [-0.4, -0.2) is 39.8 Å². The summed E-state index contributed by atoms with van der Waals surface area (Å²) in [6.07, 6.45) is 3.27. The maximum absolute atomic E-state index is 13.3. The molecule has 1 aromatic heterocycles. The van der Waals surface area contributed by atoms with Gasteiger partial charge < -0.3 is 14.4 Å². The number of amides is 1. The summed E-state index contributed by atoms with van der Waals surface area (Å²) in [5.41, 5.74) is 3.53. The molecule has 2 aliphatic rings. The molecule has 2 aromatic carbocycles. The van der Waals surface area contributed by atoms with Crippen molar-refractivity contribution in [3.05, 3.63) is 77.6 Å². The van der Waals surface area contributed by atoms with Crippen molar-refractivity contribution in [2.24, 2.45) is 7.05 Å². The van der Waals surface area contributed by atoms with E-state index < -0.39 is 6.10 Å². The van der Waals surface area contributed by atoms with Crippen molar-refractivity contribution in [3.63, 3.8) is 0 Å². The van der Waals surface area contributed by atoms with Gasteiger partial charge in [-0.25, -0.2) is 0 Å². The molecule has 3 heterocycles. The molecule has 142 valence electrons. The fraction of sp³-hybridized carbons (Fsp3) is 0.273. The maximum Gasteiger partial charge on any atom is 0.267 e. The van der Waals surface area contributed by atoms with Gasteiger partial charge in [-0.15, -0.1) is 0 Å². The van der Waals surface area contributed by atoms with Crippen LogP contribution in [0.2, 0.25) is 0 Å². The Bertz CT molecular complexity index is 1030. The number of rotatable bonds is 2. The van der Waals surface area contributed by atoms with Crippen molar-refractivity contribution < 1.29 is 14.3 Å². The largest absolute Gasteiger partial charge is 0.485 e. The van der Waals surface area contributed by atoms with Crippen molar-refractivity contribution >= 4 is 5.91 Å². The molecular formula is C22H21N3O3. The predicted octanol–water partition coefficient (Wildman–Crippen LogP) is 2.73. The zero-order valence-electron chi connectivity index (χ0n) is 15.6. The predicted molar refractivity (Wildman–Crippen MR) is 103 cm³/mol. The van der Waals surface area contributed by atoms with Gasteiger partial charge in [0.2, 0.25) is 6.10 Å². The lowest BCUT2D eigenvalue weighted by molar-refractivity contribution is -0.142. The van der Waals surface area contributed by atoms with Crippen LogP contribution in [0.1, 0.15) is 22.6 Å². The van der Waals surface area contributed by atoms with Gasteiger partial charge in [-0.2, -0.15) is 5.10 Å². The minimum atomic E-state index is -0.630. The van der Waals surface area contributed by atoms with Gasteiger partial charge in [-0.05, 0) is 28.8 Å². The highest BCUT2D eigenvalue weighted by Gasteiger charge is 2.36. The number of hydrogen-bond donors (Lipinski definition) is 0. The van der Waals surface area contributed by atoms with Crippen LogP contribution in [0, 0.1) is 0 Å². The summed E-state index contributed by atoms with van der Waals surface area (Å²) in [7, 11) is 1.91. The van der Waals surface area contributed by atoms with Crippen molar-refractivity contribution in [2.75, 3.05) is 13.2 Å². The van der Waals surface area contributed by atoms with Gasteiger partial charge in [0.15, 0.2) is 11.5 Å². The molecular weight excluding hydrogens is 354 g/mol. The number of aryl methyl sites for hydroxylation is 1. The molecule has 0 unspecified atom stereocenters. The number of carbonyl (C=O) groups is 1. The quantitative estimate of drug-likeness (QED) is 0.691. The molecule has 0 N–H and O–H groups in total. The van der Waals surface area contributed by atoms with E-state index in [1.54, 1.807) is 4.68 Å². The van der Waals surface area contributed by atoms with Gasteiger partial charge in [-0.1, -0.05) is 36.4 Å². The van der Waals surface area contributed by atoms with Gasteiger partial charge in [0, 0.05) is 32.3 Å². The third-order valence-corrected chi connectivity index (χ3v) is 5.42. The Kier molecular flexibility index (Phi) is 4.04. The number of para-hydroxylation sites is 2. The summed E-state index contributed by atoms with van der Waals surface area (Å²) in [4.78, 5) is 15.1. The van der Waals surface area contributed by atoms with Crippen LogP contribution in [0.15, 0.2) is 60.9 Å². The van der Waals surface area contributed by atoms with E-state index in [2.05, 4.69) is 23.3 Å². The average Bonchev–Trinajstić information content (AvgIpc) is 3.18. The van der Waals surface area contributed by atoms with Gasteiger partial charge in [0.1, 0.15) is 6.61 Å². The highest BCUT2D eigenvalue weighted by Crippen LogP contribution is 2.35. The number of ether oxygens (including phenoxy) is 2. The fourth-order valence-electron chi connectivity index (χ4n) is 4.02. The highest BCUT2D eigenvalue weighted by atomic mass is 16.6. The number of benzene rings is 2. The van der Waals surface area contributed by atoms with E-state index in [0.717, 1.165) is 11.1 Å². The monoisotopic (exact) mass is 375 g/mol. The second-order valence-electron chi connectivity index (χ2n) is 7.28. The third-order valence-electron chi connectivity index (χ3n) is 5.42. The zero-order chi connectivity index (χ0) is 19.1. The van der Waals surface area contributed by atoms with E-state index in [4.69, 9.17) is 9.47 Å². The zero-order valence-corrected chi connectivity index (χ0v) is 15.6. The molecule has 0 saturated carbocycles. The van der Waals surface area contributed by atoms with Gasteiger partial charge in [0.25, 0.3) is 5.91 Å². The van der Waals surface area contributed by atoms with Crippen LogP contribution in [0.5, 0.6) is 11.5 Å². The highest BCUT2D eigenvalue weighted by molar-refractivity contribution is 5.82. The summed E-state index contributed by atoms with van der Waals surface area (Å²) in [5.74, 6) is 1.36. The van der Waals surface area contributed by atoms with Crippen LogP contribution in [0.3, 0.4) is 0 Å². The summed E-state index contributed by atoms with van der Waals surface area (Å²) in [6.45, 7) is 1.40. The maximum atomic E-state index is 13.3. The van der Waals surface area contributed by atoms with Crippen LogP contribution in [0.4, 0.5) is 0 Å². The molecule has 5 rings (SSSR count). The smallest absolute Gasteiger partial charge is 0.267 e. The number of aromatic nitrogens is 2. The summed E-state index contributed by atoms with van der Waals surface area (Å²) in [6, 6.07) is 15.8. The first-order valence-electron chi connectivity index (χ1n) is 9.42. The standard InChI is InChI=1S/C22H21N3O3/c1-24-11-16(10-23-24)18-13-25(12-15-6-2-3-7-17(15)18)22(26)21-14-27-19-8-4-5-9-20(19)28-21/h2-11,18,21H,12-14H2,1H3/t18-,21+/m0/s1. The first-order valence-corrected chi connectivity index (χ1v) is 9.42. The lowest BCUT2D eigenvalue weighted by atomic mass is 9.86. The molecule has 0 radical (unpaired) electrons. The summed E-state index contributed by atoms with van der Waals surface area (Å²) in [5, 5.41) is 4.32. The molecule has 0 fully saturated rings. The molecule has 3 aromatic rings. The van der Waals surface area contributed by atoms with Crippen LogP contribution < -0.4 is 9.47 Å². The van der Waals surface area contributed by atoms with Crippen molar-refractivity contribution in [1.82, 2.24) is 14.7 Å². The molecule has 0 bridgehead atoms. The van der Waals surface area contributed by atoms with Crippen molar-refractivity contribution in [1.29, 1.82) is 0 Å². The molecule has 2 atom stereocenters. The van der Waals surface area contributed by atoms with Gasteiger partial charge in [0.05, 0.1) is 6.20 Å². The Labute approximate surface area is 163 Å². The second kappa shape index (κ2) is 6.71. The SMILES string of the molecule is Cn1cc([C@@H]2CN(C(=O)[C@H]3COc4ccccc4O3)Cc3ccccc32)cn1. The molecule has 6 heteroatoms. The lowest BCUT2D eigenvalue weighted by Crippen LogP contribution is -2.48. The minimum absolute atomic E-state index is 0.0436. The van der Waals surface area contributed by atoms with Crippen LogP contribution in [-0.2, 0) is 18.4 Å². The van der Waals surface area contributed by atoms with E-state index in [1.807, 2.05) is 54.7 Å². The number of hydrogen-bond acceptors (Lipinski definition) is 4.